The summed E-state index contributed by atoms with van der Waals surface area (Å²) < 4.78 is 10.1. The molecule has 1 aromatic rings. The molecule has 88 valence electrons. The van der Waals surface area contributed by atoms with Gasteiger partial charge in [0, 0.05) is 5.69 Å². The molecule has 0 heterocycles. The van der Waals surface area contributed by atoms with Crippen molar-refractivity contribution in [2.24, 2.45) is 0 Å². The number of anilines is 1. The van der Waals surface area contributed by atoms with Crippen LogP contribution in [-0.4, -0.2) is 19.7 Å². The zero-order valence-electron chi connectivity index (χ0n) is 9.87. The topological polar surface area (TPSA) is 61.5 Å². The molecule has 0 bridgehead atoms. The summed E-state index contributed by atoms with van der Waals surface area (Å²) in [6, 6.07) is 3.70. The number of nitrogen functional groups attached to an aromatic ring is 1. The molecule has 0 atom stereocenters. The number of benzene rings is 1. The maximum atomic E-state index is 10.9. The minimum absolute atomic E-state index is 0.250. The Morgan fingerprint density at radius 3 is 2.38 bits per heavy atom. The summed E-state index contributed by atoms with van der Waals surface area (Å²) in [5.41, 5.74) is 8.36. The van der Waals surface area contributed by atoms with Crippen LogP contribution in [0.15, 0.2) is 12.1 Å². The van der Waals surface area contributed by atoms with Gasteiger partial charge in [0.25, 0.3) is 0 Å². The summed E-state index contributed by atoms with van der Waals surface area (Å²) in [7, 11) is 1.36. The molecule has 1 aromatic carbocycles. The van der Waals surface area contributed by atoms with Crippen LogP contribution in [0.5, 0.6) is 5.75 Å². The lowest BCUT2D eigenvalue weighted by Gasteiger charge is -2.12. The summed E-state index contributed by atoms with van der Waals surface area (Å²) in [5.74, 6) is 0.517. The van der Waals surface area contributed by atoms with Gasteiger partial charge in [-0.15, -0.1) is 0 Å². The zero-order valence-corrected chi connectivity index (χ0v) is 9.87. The van der Waals surface area contributed by atoms with Crippen molar-refractivity contribution in [1.82, 2.24) is 0 Å². The fourth-order valence-corrected chi connectivity index (χ4v) is 1.55. The highest BCUT2D eigenvalue weighted by Crippen LogP contribution is 2.25. The van der Waals surface area contributed by atoms with Crippen LogP contribution in [-0.2, 0) is 9.53 Å². The number of hydrogen-bond donors (Lipinski definition) is 1. The van der Waals surface area contributed by atoms with E-state index in [0.717, 1.165) is 22.6 Å². The zero-order chi connectivity index (χ0) is 12.1. The summed E-state index contributed by atoms with van der Waals surface area (Å²) >= 11 is 0. The molecule has 0 spiro atoms. The molecule has 0 saturated carbocycles. The van der Waals surface area contributed by atoms with Gasteiger partial charge in [-0.1, -0.05) is 0 Å². The summed E-state index contributed by atoms with van der Waals surface area (Å²) in [6.07, 6.45) is 0.250. The van der Waals surface area contributed by atoms with Gasteiger partial charge < -0.3 is 15.2 Å². The highest BCUT2D eigenvalue weighted by molar-refractivity contribution is 5.69. The van der Waals surface area contributed by atoms with Crippen molar-refractivity contribution >= 4 is 11.7 Å². The molecule has 16 heavy (non-hydrogen) atoms. The number of methoxy groups -OCH3 is 1. The molecule has 0 aliphatic carbocycles. The van der Waals surface area contributed by atoms with Crippen molar-refractivity contribution in [3.05, 3.63) is 23.3 Å². The molecule has 0 aromatic heterocycles. The Morgan fingerprint density at radius 2 is 1.88 bits per heavy atom. The molecule has 0 aliphatic heterocycles. The van der Waals surface area contributed by atoms with Gasteiger partial charge in [-0.3, -0.25) is 4.79 Å². The first-order valence-electron chi connectivity index (χ1n) is 5.11. The third-order valence-electron chi connectivity index (χ3n) is 2.26. The van der Waals surface area contributed by atoms with E-state index in [-0.39, 0.29) is 12.4 Å². The molecule has 2 N–H and O–H groups in total. The summed E-state index contributed by atoms with van der Waals surface area (Å²) in [6.45, 7) is 4.17. The van der Waals surface area contributed by atoms with Crippen LogP contribution in [0.25, 0.3) is 0 Å². The van der Waals surface area contributed by atoms with Crippen LogP contribution < -0.4 is 10.5 Å². The molecule has 0 aliphatic rings. The fraction of sp³-hybridized carbons (Fsp3) is 0.417. The lowest BCUT2D eigenvalue weighted by atomic mass is 10.1. The third kappa shape index (κ3) is 3.15. The van der Waals surface area contributed by atoms with Gasteiger partial charge in [0.1, 0.15) is 5.75 Å². The van der Waals surface area contributed by atoms with Gasteiger partial charge in [-0.05, 0) is 37.1 Å². The minimum atomic E-state index is -0.272. The van der Waals surface area contributed by atoms with Gasteiger partial charge in [0.05, 0.1) is 20.1 Å². The van der Waals surface area contributed by atoms with Gasteiger partial charge in [-0.25, -0.2) is 0 Å². The van der Waals surface area contributed by atoms with Crippen LogP contribution in [0.3, 0.4) is 0 Å². The van der Waals surface area contributed by atoms with Crippen molar-refractivity contribution in [2.75, 3.05) is 19.5 Å². The van der Waals surface area contributed by atoms with Crippen molar-refractivity contribution in [2.45, 2.75) is 20.3 Å². The van der Waals surface area contributed by atoms with E-state index in [1.54, 1.807) is 0 Å². The number of carbonyl (C=O) groups excluding carboxylic acids is 1. The van der Waals surface area contributed by atoms with E-state index in [9.17, 15) is 4.79 Å². The molecular weight excluding hydrogens is 206 g/mol. The molecule has 0 saturated heterocycles. The molecule has 1 rings (SSSR count). The highest BCUT2D eigenvalue weighted by Gasteiger charge is 2.06. The maximum Gasteiger partial charge on any atom is 0.308 e. The van der Waals surface area contributed by atoms with E-state index >= 15 is 0 Å². The molecule has 0 fully saturated rings. The van der Waals surface area contributed by atoms with Crippen molar-refractivity contribution < 1.29 is 14.3 Å². The number of carbonyl (C=O) groups is 1. The average molecular weight is 223 g/mol. The minimum Gasteiger partial charge on any atom is -0.492 e. The number of ether oxygens (including phenoxy) is 2. The Morgan fingerprint density at radius 1 is 1.31 bits per heavy atom. The molecule has 0 radical (unpaired) electrons. The Bertz CT molecular complexity index is 365. The highest BCUT2D eigenvalue weighted by atomic mass is 16.5. The second-order valence-electron chi connectivity index (χ2n) is 3.66. The van der Waals surface area contributed by atoms with E-state index in [1.807, 2.05) is 26.0 Å². The Hall–Kier alpha value is -1.71. The van der Waals surface area contributed by atoms with Gasteiger partial charge in [0.2, 0.25) is 0 Å². The molecule has 4 heteroatoms. The second-order valence-corrected chi connectivity index (χ2v) is 3.66. The van der Waals surface area contributed by atoms with Gasteiger partial charge in [0.15, 0.2) is 0 Å². The summed E-state index contributed by atoms with van der Waals surface area (Å²) in [5, 5.41) is 0. The van der Waals surface area contributed by atoms with Crippen LogP contribution in [0, 0.1) is 13.8 Å². The molecule has 4 nitrogen and oxygen atoms in total. The Kier molecular flexibility index (Phi) is 4.17. The first kappa shape index (κ1) is 12.4. The van der Waals surface area contributed by atoms with E-state index in [0.29, 0.717) is 6.61 Å². The van der Waals surface area contributed by atoms with E-state index in [2.05, 4.69) is 4.74 Å². The smallest absolute Gasteiger partial charge is 0.308 e. The first-order chi connectivity index (χ1) is 7.54. The number of rotatable bonds is 4. The van der Waals surface area contributed by atoms with Crippen LogP contribution in [0.4, 0.5) is 5.69 Å². The quantitative estimate of drug-likeness (QED) is 0.624. The monoisotopic (exact) mass is 223 g/mol. The van der Waals surface area contributed by atoms with E-state index < -0.39 is 0 Å². The van der Waals surface area contributed by atoms with Crippen molar-refractivity contribution in [3.63, 3.8) is 0 Å². The number of aryl methyl sites for hydroxylation is 2. The van der Waals surface area contributed by atoms with Gasteiger partial charge in [-0.2, -0.15) is 0 Å². The number of esters is 1. The fourth-order valence-electron chi connectivity index (χ4n) is 1.55. The number of nitrogens with two attached hydrogens (primary N) is 1. The lowest BCUT2D eigenvalue weighted by Crippen LogP contribution is -2.08. The largest absolute Gasteiger partial charge is 0.492 e. The molecular formula is C12H17NO3. The maximum absolute atomic E-state index is 10.9. The Labute approximate surface area is 95.3 Å². The van der Waals surface area contributed by atoms with Crippen molar-refractivity contribution in [3.8, 4) is 5.75 Å². The SMILES string of the molecule is COC(=O)CCOc1c(C)cc(N)cc1C. The number of hydrogen-bond acceptors (Lipinski definition) is 4. The van der Waals surface area contributed by atoms with Crippen molar-refractivity contribution in [1.29, 1.82) is 0 Å². The first-order valence-corrected chi connectivity index (χ1v) is 5.11. The predicted octanol–water partition coefficient (Wildman–Crippen LogP) is 1.83. The molecule has 0 amide bonds. The van der Waals surface area contributed by atoms with Gasteiger partial charge >= 0.3 is 5.97 Å². The predicted molar refractivity (Wildman–Crippen MR) is 62.5 cm³/mol. The normalized spacial score (nSPS) is 9.94. The second kappa shape index (κ2) is 5.39. The standard InChI is InChI=1S/C12H17NO3/c1-8-6-10(13)7-9(2)12(8)16-5-4-11(14)15-3/h6-7H,4-5,13H2,1-3H3. The van der Waals surface area contributed by atoms with Crippen LogP contribution in [0.1, 0.15) is 17.5 Å². The summed E-state index contributed by atoms with van der Waals surface area (Å²) in [4.78, 5) is 10.9. The van der Waals surface area contributed by atoms with Crippen LogP contribution in [0.2, 0.25) is 0 Å². The average Bonchev–Trinajstić information content (AvgIpc) is 2.21. The van der Waals surface area contributed by atoms with E-state index in [1.165, 1.54) is 7.11 Å². The van der Waals surface area contributed by atoms with E-state index in [4.69, 9.17) is 10.5 Å². The molecule has 0 unspecified atom stereocenters. The van der Waals surface area contributed by atoms with Crippen LogP contribution >= 0.6 is 0 Å². The lowest BCUT2D eigenvalue weighted by molar-refractivity contribution is -0.141. The Balaban J connectivity index is 2.64. The third-order valence-corrected chi connectivity index (χ3v) is 2.26.